The molecule has 0 saturated carbocycles. The molecule has 0 bridgehead atoms. The molecule has 3 rings (SSSR count). The average molecular weight is 428 g/mol. The quantitative estimate of drug-likeness (QED) is 0.747. The van der Waals surface area contributed by atoms with E-state index in [9.17, 15) is 22.8 Å². The van der Waals surface area contributed by atoms with E-state index >= 15 is 0 Å². The van der Waals surface area contributed by atoms with Crippen LogP contribution in [-0.4, -0.2) is 73.6 Å². The van der Waals surface area contributed by atoms with E-state index in [0.29, 0.717) is 17.1 Å². The van der Waals surface area contributed by atoms with E-state index in [2.05, 4.69) is 5.32 Å². The van der Waals surface area contributed by atoms with Crippen LogP contribution in [0.2, 0.25) is 5.02 Å². The number of anilines is 1. The number of likely N-dealkylation sites (N-methyl/N-ethyl adjacent to an activating group) is 1. The second kappa shape index (κ2) is 8.08. The van der Waals surface area contributed by atoms with Crippen LogP contribution >= 0.6 is 11.6 Å². The number of carbonyl (C=O) groups excluding carboxylic acids is 3. The molecule has 0 aliphatic carbocycles. The van der Waals surface area contributed by atoms with Gasteiger partial charge in [0.2, 0.25) is 17.7 Å². The Kier molecular flexibility index (Phi) is 5.95. The molecule has 0 unspecified atom stereocenters. The molecule has 152 valence electrons. The second-order valence-electron chi connectivity index (χ2n) is 7.23. The number of benzene rings is 1. The highest BCUT2D eigenvalue weighted by Gasteiger charge is 2.42. The molecule has 1 N–H and O–H groups in total. The van der Waals surface area contributed by atoms with Crippen molar-refractivity contribution in [2.75, 3.05) is 37.0 Å². The van der Waals surface area contributed by atoms with Gasteiger partial charge in [0.1, 0.15) is 0 Å². The van der Waals surface area contributed by atoms with Gasteiger partial charge in [-0.15, -0.1) is 0 Å². The monoisotopic (exact) mass is 427 g/mol. The molecule has 8 nitrogen and oxygen atoms in total. The number of halogens is 1. The van der Waals surface area contributed by atoms with Crippen molar-refractivity contribution in [1.29, 1.82) is 0 Å². The van der Waals surface area contributed by atoms with Crippen molar-refractivity contribution >= 4 is 44.8 Å². The van der Waals surface area contributed by atoms with Gasteiger partial charge in [0.25, 0.3) is 0 Å². The molecular formula is C18H22ClN3O5S. The molecule has 0 spiro atoms. The van der Waals surface area contributed by atoms with Crippen molar-refractivity contribution in [3.63, 3.8) is 0 Å². The fourth-order valence-corrected chi connectivity index (χ4v) is 5.54. The van der Waals surface area contributed by atoms with Crippen LogP contribution in [0.4, 0.5) is 5.69 Å². The Labute approximate surface area is 168 Å². The molecular weight excluding hydrogens is 406 g/mol. The van der Waals surface area contributed by atoms with Crippen LogP contribution in [0.25, 0.3) is 0 Å². The van der Waals surface area contributed by atoms with Crippen LogP contribution in [0.1, 0.15) is 12.8 Å². The minimum absolute atomic E-state index is 0.0336. The Bertz CT molecular complexity index is 904. The van der Waals surface area contributed by atoms with E-state index in [1.807, 2.05) is 0 Å². The molecule has 10 heteroatoms. The topological polar surface area (TPSA) is 104 Å². The Morgan fingerprint density at radius 1 is 1.32 bits per heavy atom. The first kappa shape index (κ1) is 20.6. The largest absolute Gasteiger partial charge is 0.338 e. The van der Waals surface area contributed by atoms with Gasteiger partial charge in [0.15, 0.2) is 9.84 Å². The third-order valence-electron chi connectivity index (χ3n) is 5.06. The first-order valence-electron chi connectivity index (χ1n) is 8.95. The summed E-state index contributed by atoms with van der Waals surface area (Å²) in [6.45, 7) is 0.0148. The zero-order chi connectivity index (χ0) is 20.5. The van der Waals surface area contributed by atoms with Crippen LogP contribution < -0.4 is 5.32 Å². The Morgan fingerprint density at radius 3 is 2.68 bits per heavy atom. The highest BCUT2D eigenvalue weighted by molar-refractivity contribution is 7.91. The van der Waals surface area contributed by atoms with Gasteiger partial charge in [-0.05, 0) is 18.6 Å². The molecule has 2 heterocycles. The number of nitrogens with zero attached hydrogens (tertiary/aromatic N) is 2. The zero-order valence-corrected chi connectivity index (χ0v) is 17.0. The maximum atomic E-state index is 12.7. The maximum absolute atomic E-state index is 12.7. The molecule has 1 aromatic rings. The minimum Gasteiger partial charge on any atom is -0.338 e. The summed E-state index contributed by atoms with van der Waals surface area (Å²) in [4.78, 5) is 39.9. The van der Waals surface area contributed by atoms with Gasteiger partial charge in [0, 0.05) is 26.1 Å². The standard InChI is InChI=1S/C18H22ClN3O5S/c1-21(10-16(23)20-15-5-3-2-4-14(15)19)18(25)12-8-17(24)22(9-12)13-6-7-28(26,27)11-13/h2-5,12-13H,6-11H2,1H3,(H,20,23)/t12-,13-/m1/s1. The molecule has 0 radical (unpaired) electrons. The number of para-hydroxylation sites is 1. The predicted molar refractivity (Wildman–Crippen MR) is 105 cm³/mol. The lowest BCUT2D eigenvalue weighted by Gasteiger charge is -2.24. The van der Waals surface area contributed by atoms with E-state index in [1.54, 1.807) is 24.3 Å². The molecule has 1 aromatic carbocycles. The summed E-state index contributed by atoms with van der Waals surface area (Å²) in [6.07, 6.45) is 0.441. The predicted octanol–water partition coefficient (Wildman–Crippen LogP) is 0.772. The lowest BCUT2D eigenvalue weighted by atomic mass is 10.1. The molecule has 2 atom stereocenters. The van der Waals surface area contributed by atoms with Gasteiger partial charge in [-0.3, -0.25) is 14.4 Å². The van der Waals surface area contributed by atoms with E-state index < -0.39 is 21.7 Å². The molecule has 28 heavy (non-hydrogen) atoms. The summed E-state index contributed by atoms with van der Waals surface area (Å²) >= 11 is 6.00. The van der Waals surface area contributed by atoms with Crippen molar-refractivity contribution in [3.05, 3.63) is 29.3 Å². The lowest BCUT2D eigenvalue weighted by Crippen LogP contribution is -2.41. The number of sulfone groups is 1. The van der Waals surface area contributed by atoms with Gasteiger partial charge < -0.3 is 15.1 Å². The van der Waals surface area contributed by atoms with E-state index in [1.165, 1.54) is 16.8 Å². The van der Waals surface area contributed by atoms with Gasteiger partial charge in [0.05, 0.1) is 34.7 Å². The third-order valence-corrected chi connectivity index (χ3v) is 7.14. The number of hydrogen-bond donors (Lipinski definition) is 1. The molecule has 2 aliphatic heterocycles. The number of carbonyl (C=O) groups is 3. The number of amides is 3. The Hall–Kier alpha value is -2.13. The molecule has 2 fully saturated rings. The van der Waals surface area contributed by atoms with E-state index in [4.69, 9.17) is 11.6 Å². The fourth-order valence-electron chi connectivity index (χ4n) is 3.63. The van der Waals surface area contributed by atoms with Crippen molar-refractivity contribution in [2.24, 2.45) is 5.92 Å². The number of hydrogen-bond acceptors (Lipinski definition) is 5. The first-order valence-corrected chi connectivity index (χ1v) is 11.2. The number of likely N-dealkylation sites (tertiary alicyclic amines) is 1. The van der Waals surface area contributed by atoms with Crippen LogP contribution in [0.15, 0.2) is 24.3 Å². The van der Waals surface area contributed by atoms with Crippen molar-refractivity contribution < 1.29 is 22.8 Å². The smallest absolute Gasteiger partial charge is 0.244 e. The van der Waals surface area contributed by atoms with Crippen LogP contribution in [-0.2, 0) is 24.2 Å². The van der Waals surface area contributed by atoms with E-state index in [-0.39, 0.29) is 48.9 Å². The maximum Gasteiger partial charge on any atom is 0.244 e. The normalized spacial score (nSPS) is 23.6. The van der Waals surface area contributed by atoms with E-state index in [0.717, 1.165) is 0 Å². The second-order valence-corrected chi connectivity index (χ2v) is 9.86. The summed E-state index contributed by atoms with van der Waals surface area (Å²) in [5, 5.41) is 3.05. The molecule has 0 aromatic heterocycles. The van der Waals surface area contributed by atoms with Crippen molar-refractivity contribution in [3.8, 4) is 0 Å². The number of nitrogens with one attached hydrogen (secondary N) is 1. The SMILES string of the molecule is CN(CC(=O)Nc1ccccc1Cl)C(=O)[C@@H]1CC(=O)N([C@@H]2CCS(=O)(=O)C2)C1. The van der Waals surface area contributed by atoms with Gasteiger partial charge in [-0.1, -0.05) is 23.7 Å². The molecule has 2 aliphatic rings. The van der Waals surface area contributed by atoms with Gasteiger partial charge in [-0.25, -0.2) is 8.42 Å². The lowest BCUT2D eigenvalue weighted by molar-refractivity contribution is -0.137. The summed E-state index contributed by atoms with van der Waals surface area (Å²) in [5.41, 5.74) is 0.458. The highest BCUT2D eigenvalue weighted by Crippen LogP contribution is 2.27. The van der Waals surface area contributed by atoms with Crippen LogP contribution in [0.3, 0.4) is 0 Å². The summed E-state index contributed by atoms with van der Waals surface area (Å²) in [6, 6.07) is 6.42. The average Bonchev–Trinajstić information content (AvgIpc) is 3.18. The number of rotatable bonds is 5. The fraction of sp³-hybridized carbons (Fsp3) is 0.500. The summed E-state index contributed by atoms with van der Waals surface area (Å²) < 4.78 is 23.3. The van der Waals surface area contributed by atoms with Crippen molar-refractivity contribution in [2.45, 2.75) is 18.9 Å². The zero-order valence-electron chi connectivity index (χ0n) is 15.4. The molecule has 3 amide bonds. The summed E-state index contributed by atoms with van der Waals surface area (Å²) in [5.74, 6) is -1.47. The first-order chi connectivity index (χ1) is 13.2. The van der Waals surface area contributed by atoms with Gasteiger partial charge in [-0.2, -0.15) is 0 Å². The van der Waals surface area contributed by atoms with Crippen LogP contribution in [0.5, 0.6) is 0 Å². The minimum atomic E-state index is -3.11. The van der Waals surface area contributed by atoms with Crippen LogP contribution in [0, 0.1) is 5.92 Å². The Balaban J connectivity index is 1.56. The highest BCUT2D eigenvalue weighted by atomic mass is 35.5. The van der Waals surface area contributed by atoms with Crippen molar-refractivity contribution in [1.82, 2.24) is 9.80 Å². The Morgan fingerprint density at radius 2 is 2.04 bits per heavy atom. The summed E-state index contributed by atoms with van der Waals surface area (Å²) in [7, 11) is -1.61. The third kappa shape index (κ3) is 4.64. The van der Waals surface area contributed by atoms with Gasteiger partial charge >= 0.3 is 0 Å². The molecule has 2 saturated heterocycles.